The molecular weight excluding hydrogens is 212 g/mol. The zero-order valence-corrected chi connectivity index (χ0v) is 9.54. The second kappa shape index (κ2) is 5.63. The van der Waals surface area contributed by atoms with Gasteiger partial charge in [0.1, 0.15) is 0 Å². The molecule has 1 rings (SSSR count). The van der Waals surface area contributed by atoms with Crippen LogP contribution >= 0.6 is 11.3 Å². The zero-order chi connectivity index (χ0) is 11.3. The van der Waals surface area contributed by atoms with Crippen molar-refractivity contribution in [3.8, 4) is 0 Å². The molecule has 0 saturated heterocycles. The molecule has 1 unspecified atom stereocenters. The van der Waals surface area contributed by atoms with E-state index in [-0.39, 0.29) is 18.6 Å². The van der Waals surface area contributed by atoms with E-state index >= 15 is 0 Å². The summed E-state index contributed by atoms with van der Waals surface area (Å²) in [6.07, 6.45) is 3.07. The summed E-state index contributed by atoms with van der Waals surface area (Å²) in [5.41, 5.74) is 0.782. The van der Waals surface area contributed by atoms with Crippen molar-refractivity contribution in [3.63, 3.8) is 0 Å². The quantitative estimate of drug-likeness (QED) is 0.752. The number of aryl methyl sites for hydroxylation is 1. The van der Waals surface area contributed by atoms with E-state index in [9.17, 15) is 4.79 Å². The number of hydrogen-bond acceptors (Lipinski definition) is 4. The number of nitrogens with zero attached hydrogens (tertiary/aromatic N) is 1. The Hall–Kier alpha value is -1.20. The Bertz CT molecular complexity index is 360. The van der Waals surface area contributed by atoms with Crippen molar-refractivity contribution >= 4 is 23.3 Å². The molecule has 1 aromatic heterocycles. The minimum absolute atomic E-state index is 0.0601. The van der Waals surface area contributed by atoms with Gasteiger partial charge in [-0.2, -0.15) is 0 Å². The summed E-state index contributed by atoms with van der Waals surface area (Å²) in [4.78, 5) is 15.4. The molecule has 4 nitrogen and oxygen atoms in total. The van der Waals surface area contributed by atoms with Crippen LogP contribution in [-0.4, -0.2) is 28.6 Å². The number of nitrogens with one attached hydrogen (secondary N) is 1. The maximum absolute atomic E-state index is 11.3. The van der Waals surface area contributed by atoms with Gasteiger partial charge in [0.15, 0.2) is 0 Å². The number of rotatable bonds is 4. The Morgan fingerprint density at radius 2 is 2.53 bits per heavy atom. The predicted molar refractivity (Wildman–Crippen MR) is 60.6 cm³/mol. The second-order valence-corrected chi connectivity index (χ2v) is 4.28. The number of carbonyl (C=O) groups excluding carboxylic acids is 1. The molecule has 1 amide bonds. The van der Waals surface area contributed by atoms with Crippen LogP contribution in [-0.2, 0) is 4.79 Å². The summed E-state index contributed by atoms with van der Waals surface area (Å²) >= 11 is 1.54. The van der Waals surface area contributed by atoms with Gasteiger partial charge in [0.05, 0.1) is 17.3 Å². The molecule has 0 fully saturated rings. The van der Waals surface area contributed by atoms with Gasteiger partial charge >= 0.3 is 0 Å². The molecule has 0 radical (unpaired) electrons. The Balaban J connectivity index is 2.47. The fraction of sp³-hybridized carbons (Fsp3) is 0.400. The minimum Gasteiger partial charge on any atom is -0.394 e. The van der Waals surface area contributed by atoms with Crippen LogP contribution in [0.15, 0.2) is 11.5 Å². The van der Waals surface area contributed by atoms with E-state index in [1.54, 1.807) is 24.3 Å². The largest absolute Gasteiger partial charge is 0.394 e. The van der Waals surface area contributed by atoms with Gasteiger partial charge in [-0.3, -0.25) is 4.79 Å². The van der Waals surface area contributed by atoms with E-state index < -0.39 is 0 Å². The highest BCUT2D eigenvalue weighted by atomic mass is 32.1. The smallest absolute Gasteiger partial charge is 0.244 e. The van der Waals surface area contributed by atoms with Crippen molar-refractivity contribution in [2.75, 3.05) is 6.61 Å². The average molecular weight is 226 g/mol. The van der Waals surface area contributed by atoms with E-state index in [1.165, 1.54) is 6.08 Å². The van der Waals surface area contributed by atoms with E-state index in [0.717, 1.165) is 10.7 Å². The molecule has 0 bridgehead atoms. The molecule has 5 heteroatoms. The molecule has 0 aromatic carbocycles. The summed E-state index contributed by atoms with van der Waals surface area (Å²) in [7, 11) is 0. The van der Waals surface area contributed by atoms with Crippen LogP contribution in [0.5, 0.6) is 0 Å². The lowest BCUT2D eigenvalue weighted by Crippen LogP contribution is -2.33. The van der Waals surface area contributed by atoms with Crippen LogP contribution in [0.25, 0.3) is 6.08 Å². The van der Waals surface area contributed by atoms with Crippen molar-refractivity contribution < 1.29 is 9.90 Å². The van der Waals surface area contributed by atoms with Gasteiger partial charge in [0, 0.05) is 17.5 Å². The first kappa shape index (κ1) is 11.9. The molecule has 0 aliphatic carbocycles. The number of aromatic nitrogens is 1. The summed E-state index contributed by atoms with van der Waals surface area (Å²) < 4.78 is 0. The van der Waals surface area contributed by atoms with Gasteiger partial charge < -0.3 is 10.4 Å². The maximum Gasteiger partial charge on any atom is 0.244 e. The standard InChI is InChI=1S/C10H14N2O2S/c1-7(5-13)11-10(14)4-3-9-6-15-8(2)12-9/h3-4,6-7,13H,5H2,1-2H3,(H,11,14)/b4-3+. The third kappa shape index (κ3) is 4.22. The van der Waals surface area contributed by atoms with Crippen LogP contribution in [0, 0.1) is 6.92 Å². The Morgan fingerprint density at radius 3 is 3.07 bits per heavy atom. The number of thiazole rings is 1. The zero-order valence-electron chi connectivity index (χ0n) is 8.73. The van der Waals surface area contributed by atoms with Crippen molar-refractivity contribution in [2.24, 2.45) is 0 Å². The maximum atomic E-state index is 11.3. The van der Waals surface area contributed by atoms with Gasteiger partial charge in [-0.1, -0.05) is 0 Å². The van der Waals surface area contributed by atoms with Crippen LogP contribution in [0.1, 0.15) is 17.6 Å². The van der Waals surface area contributed by atoms with Crippen molar-refractivity contribution in [1.82, 2.24) is 10.3 Å². The molecule has 0 aliphatic rings. The molecule has 2 N–H and O–H groups in total. The topological polar surface area (TPSA) is 62.2 Å². The lowest BCUT2D eigenvalue weighted by atomic mass is 10.3. The Kier molecular flexibility index (Phi) is 4.45. The molecule has 15 heavy (non-hydrogen) atoms. The highest BCUT2D eigenvalue weighted by molar-refractivity contribution is 7.09. The molecule has 82 valence electrons. The molecule has 1 atom stereocenters. The lowest BCUT2D eigenvalue weighted by molar-refractivity contribution is -0.117. The van der Waals surface area contributed by atoms with Gasteiger partial charge in [0.25, 0.3) is 0 Å². The van der Waals surface area contributed by atoms with Crippen LogP contribution in [0.2, 0.25) is 0 Å². The summed E-state index contributed by atoms with van der Waals surface area (Å²) in [5, 5.41) is 14.2. The number of aliphatic hydroxyl groups excluding tert-OH is 1. The number of carbonyl (C=O) groups is 1. The fourth-order valence-corrected chi connectivity index (χ4v) is 1.54. The predicted octanol–water partition coefficient (Wildman–Crippen LogP) is 0.962. The Morgan fingerprint density at radius 1 is 1.80 bits per heavy atom. The van der Waals surface area contributed by atoms with E-state index in [4.69, 9.17) is 5.11 Å². The van der Waals surface area contributed by atoms with Crippen molar-refractivity contribution in [3.05, 3.63) is 22.2 Å². The number of aliphatic hydroxyl groups is 1. The highest BCUT2D eigenvalue weighted by Gasteiger charge is 2.02. The third-order valence-electron chi connectivity index (χ3n) is 1.70. The SMILES string of the molecule is Cc1nc(/C=C/C(=O)NC(C)CO)cs1. The summed E-state index contributed by atoms with van der Waals surface area (Å²) in [6, 6.07) is -0.223. The average Bonchev–Trinajstić information content (AvgIpc) is 2.61. The molecule has 1 heterocycles. The summed E-state index contributed by atoms with van der Waals surface area (Å²) in [5.74, 6) is -0.220. The normalized spacial score (nSPS) is 13.0. The van der Waals surface area contributed by atoms with Crippen molar-refractivity contribution in [1.29, 1.82) is 0 Å². The molecular formula is C10H14N2O2S. The molecule has 0 aliphatic heterocycles. The summed E-state index contributed by atoms with van der Waals surface area (Å²) in [6.45, 7) is 3.59. The second-order valence-electron chi connectivity index (χ2n) is 3.22. The first-order chi connectivity index (χ1) is 7.11. The van der Waals surface area contributed by atoms with Gasteiger partial charge in [-0.15, -0.1) is 11.3 Å². The van der Waals surface area contributed by atoms with E-state index in [0.29, 0.717) is 0 Å². The number of hydrogen-bond donors (Lipinski definition) is 2. The lowest BCUT2D eigenvalue weighted by Gasteiger charge is -2.07. The van der Waals surface area contributed by atoms with Crippen LogP contribution in [0.3, 0.4) is 0 Å². The number of amides is 1. The first-order valence-corrected chi connectivity index (χ1v) is 5.51. The highest BCUT2D eigenvalue weighted by Crippen LogP contribution is 2.08. The molecule has 0 saturated carbocycles. The monoisotopic (exact) mass is 226 g/mol. The van der Waals surface area contributed by atoms with Crippen LogP contribution < -0.4 is 5.32 Å². The molecule has 0 spiro atoms. The molecule has 1 aromatic rings. The van der Waals surface area contributed by atoms with Gasteiger partial charge in [-0.25, -0.2) is 4.98 Å². The van der Waals surface area contributed by atoms with Crippen LogP contribution in [0.4, 0.5) is 0 Å². The minimum atomic E-state index is -0.223. The van der Waals surface area contributed by atoms with Crippen molar-refractivity contribution in [2.45, 2.75) is 19.9 Å². The third-order valence-corrected chi connectivity index (χ3v) is 2.50. The fourth-order valence-electron chi connectivity index (χ4n) is 0.954. The van der Waals surface area contributed by atoms with Gasteiger partial charge in [0.2, 0.25) is 5.91 Å². The van der Waals surface area contributed by atoms with E-state index in [2.05, 4.69) is 10.3 Å². The van der Waals surface area contributed by atoms with Gasteiger partial charge in [-0.05, 0) is 19.9 Å². The first-order valence-electron chi connectivity index (χ1n) is 4.63. The van der Waals surface area contributed by atoms with E-state index in [1.807, 2.05) is 12.3 Å². The Labute approximate surface area is 92.7 Å².